The highest BCUT2D eigenvalue weighted by atomic mass is 16.6. The Bertz CT molecular complexity index is 919. The van der Waals surface area contributed by atoms with Crippen molar-refractivity contribution in [1.29, 1.82) is 0 Å². The number of methoxy groups -OCH3 is 1. The van der Waals surface area contributed by atoms with E-state index in [1.54, 1.807) is 71.0 Å². The third kappa shape index (κ3) is 10.4. The predicted molar refractivity (Wildman–Crippen MR) is 127 cm³/mol. The lowest BCUT2D eigenvalue weighted by Crippen LogP contribution is -2.62. The number of hydrogen-bond donors (Lipinski definition) is 3. The van der Waals surface area contributed by atoms with Gasteiger partial charge in [0.1, 0.15) is 24.0 Å². The average Bonchev–Trinajstić information content (AvgIpc) is 2.74. The van der Waals surface area contributed by atoms with E-state index in [0.29, 0.717) is 17.7 Å². The number of esters is 1. The first-order chi connectivity index (χ1) is 15.9. The van der Waals surface area contributed by atoms with E-state index in [0.717, 1.165) is 0 Å². The molecule has 9 heteroatoms. The van der Waals surface area contributed by atoms with Crippen LogP contribution in [0.5, 0.6) is 5.75 Å². The molecule has 0 saturated heterocycles. The lowest BCUT2D eigenvalue weighted by Gasteiger charge is -2.34. The lowest BCUT2D eigenvalue weighted by molar-refractivity contribution is -0.144. The molecule has 0 bridgehead atoms. The Balaban J connectivity index is 2.81. The van der Waals surface area contributed by atoms with Crippen molar-refractivity contribution in [3.05, 3.63) is 42.0 Å². The zero-order chi connectivity index (χ0) is 25.8. The van der Waals surface area contributed by atoms with Gasteiger partial charge in [-0.15, -0.1) is 0 Å². The van der Waals surface area contributed by atoms with Crippen LogP contribution in [0.3, 0.4) is 0 Å². The standard InChI is InChI=1S/C25H34N2O7/c1-24(2,3)34-23(31)27-25(4,5)20(22(30)32-6)26-21(29)18-12-14-19(15-13-18)33-17-11-9-7-8-10-16-28/h9,11-15,20,28H,10,16-17H2,1-6H3,(H,26,29)(H,27,31)/b11-9+. The van der Waals surface area contributed by atoms with Crippen LogP contribution in [0.1, 0.15) is 51.4 Å². The van der Waals surface area contributed by atoms with Gasteiger partial charge in [-0.1, -0.05) is 11.8 Å². The number of allylic oxidation sites excluding steroid dienone is 1. The number of aliphatic hydroxyl groups excluding tert-OH is 1. The fraction of sp³-hybridized carbons (Fsp3) is 0.480. The van der Waals surface area contributed by atoms with Crippen molar-refractivity contribution in [2.45, 2.75) is 58.2 Å². The monoisotopic (exact) mass is 474 g/mol. The Hall–Kier alpha value is -3.51. The summed E-state index contributed by atoms with van der Waals surface area (Å²) in [5.74, 6) is 4.83. The maximum Gasteiger partial charge on any atom is 0.408 e. The van der Waals surface area contributed by atoms with E-state index >= 15 is 0 Å². The van der Waals surface area contributed by atoms with Crippen molar-refractivity contribution in [2.75, 3.05) is 20.3 Å². The van der Waals surface area contributed by atoms with Gasteiger partial charge in [-0.2, -0.15) is 0 Å². The van der Waals surface area contributed by atoms with Gasteiger partial charge in [-0.3, -0.25) is 4.79 Å². The smallest absolute Gasteiger partial charge is 0.408 e. The Kier molecular flexibility index (Phi) is 11.1. The summed E-state index contributed by atoms with van der Waals surface area (Å²) in [4.78, 5) is 37.4. The summed E-state index contributed by atoms with van der Waals surface area (Å²) >= 11 is 0. The van der Waals surface area contributed by atoms with Crippen LogP contribution < -0.4 is 15.4 Å². The van der Waals surface area contributed by atoms with Crippen LogP contribution >= 0.6 is 0 Å². The molecule has 1 atom stereocenters. The van der Waals surface area contributed by atoms with Gasteiger partial charge in [0.2, 0.25) is 0 Å². The quantitative estimate of drug-likeness (QED) is 0.371. The number of carbonyl (C=O) groups excluding carboxylic acids is 3. The van der Waals surface area contributed by atoms with Crippen molar-refractivity contribution < 1.29 is 33.7 Å². The number of amides is 2. The van der Waals surface area contributed by atoms with Gasteiger partial charge >= 0.3 is 12.1 Å². The first kappa shape index (κ1) is 28.5. The fourth-order valence-electron chi connectivity index (χ4n) is 2.65. The minimum Gasteiger partial charge on any atom is -0.490 e. The maximum absolute atomic E-state index is 12.8. The molecule has 3 N–H and O–H groups in total. The van der Waals surface area contributed by atoms with Crippen LogP contribution in [0.2, 0.25) is 0 Å². The summed E-state index contributed by atoms with van der Waals surface area (Å²) in [7, 11) is 1.20. The van der Waals surface area contributed by atoms with E-state index in [4.69, 9.17) is 19.3 Å². The second-order valence-corrected chi connectivity index (χ2v) is 8.81. The van der Waals surface area contributed by atoms with E-state index < -0.39 is 35.2 Å². The molecule has 9 nitrogen and oxygen atoms in total. The minimum absolute atomic E-state index is 0.0232. The molecular formula is C25H34N2O7. The zero-order valence-corrected chi connectivity index (χ0v) is 20.6. The van der Waals surface area contributed by atoms with Gasteiger partial charge < -0.3 is 30.0 Å². The summed E-state index contributed by atoms with van der Waals surface area (Å²) in [5.41, 5.74) is -1.64. The molecule has 0 fully saturated rings. The van der Waals surface area contributed by atoms with E-state index in [-0.39, 0.29) is 13.2 Å². The number of aliphatic hydroxyl groups is 1. The molecule has 1 aromatic rings. The molecule has 0 aliphatic carbocycles. The summed E-state index contributed by atoms with van der Waals surface area (Å²) < 4.78 is 15.6. The van der Waals surface area contributed by atoms with Gasteiger partial charge in [0, 0.05) is 12.0 Å². The molecule has 1 aromatic carbocycles. The van der Waals surface area contributed by atoms with Crippen LogP contribution in [-0.2, 0) is 14.3 Å². The van der Waals surface area contributed by atoms with E-state index in [9.17, 15) is 14.4 Å². The van der Waals surface area contributed by atoms with Gasteiger partial charge in [0.05, 0.1) is 19.3 Å². The molecule has 0 radical (unpaired) electrons. The molecular weight excluding hydrogens is 440 g/mol. The molecule has 34 heavy (non-hydrogen) atoms. The fourth-order valence-corrected chi connectivity index (χ4v) is 2.65. The largest absolute Gasteiger partial charge is 0.490 e. The zero-order valence-electron chi connectivity index (χ0n) is 20.6. The number of nitrogens with one attached hydrogen (secondary N) is 2. The Morgan fingerprint density at radius 1 is 1.12 bits per heavy atom. The second kappa shape index (κ2) is 13.3. The van der Waals surface area contributed by atoms with Crippen LogP contribution in [0.4, 0.5) is 4.79 Å². The van der Waals surface area contributed by atoms with Crippen molar-refractivity contribution in [1.82, 2.24) is 10.6 Å². The van der Waals surface area contributed by atoms with Crippen molar-refractivity contribution >= 4 is 18.0 Å². The Labute approximate surface area is 200 Å². The highest BCUT2D eigenvalue weighted by Gasteiger charge is 2.39. The van der Waals surface area contributed by atoms with Crippen LogP contribution in [0.15, 0.2) is 36.4 Å². The highest BCUT2D eigenvalue weighted by molar-refractivity contribution is 5.97. The van der Waals surface area contributed by atoms with E-state index in [1.807, 2.05) is 0 Å². The molecule has 0 aromatic heterocycles. The number of alkyl carbamates (subject to hydrolysis) is 1. The van der Waals surface area contributed by atoms with E-state index in [2.05, 4.69) is 22.5 Å². The van der Waals surface area contributed by atoms with Crippen LogP contribution in [0.25, 0.3) is 0 Å². The van der Waals surface area contributed by atoms with Gasteiger partial charge in [0.25, 0.3) is 5.91 Å². The average molecular weight is 475 g/mol. The van der Waals surface area contributed by atoms with Gasteiger partial charge in [0.15, 0.2) is 0 Å². The summed E-state index contributed by atoms with van der Waals surface area (Å²) in [6.45, 7) is 8.63. The lowest BCUT2D eigenvalue weighted by atomic mass is 9.94. The minimum atomic E-state index is -1.21. The van der Waals surface area contributed by atoms with Crippen molar-refractivity contribution in [2.24, 2.45) is 0 Å². The number of hydrogen-bond acceptors (Lipinski definition) is 7. The maximum atomic E-state index is 12.8. The summed E-state index contributed by atoms with van der Waals surface area (Å²) in [6.07, 6.45) is 3.05. The normalized spacial score (nSPS) is 12.2. The number of rotatable bonds is 9. The van der Waals surface area contributed by atoms with Crippen LogP contribution in [-0.4, -0.2) is 60.6 Å². The third-order valence-electron chi connectivity index (χ3n) is 4.26. The van der Waals surface area contributed by atoms with Gasteiger partial charge in [-0.25, -0.2) is 9.59 Å². The number of carbonyl (C=O) groups is 3. The first-order valence-corrected chi connectivity index (χ1v) is 10.8. The number of benzene rings is 1. The van der Waals surface area contributed by atoms with Crippen molar-refractivity contribution in [3.8, 4) is 17.6 Å². The molecule has 0 heterocycles. The van der Waals surface area contributed by atoms with E-state index in [1.165, 1.54) is 7.11 Å². The molecule has 2 amide bonds. The third-order valence-corrected chi connectivity index (χ3v) is 4.26. The summed E-state index contributed by atoms with van der Waals surface area (Å²) in [5, 5.41) is 13.9. The van der Waals surface area contributed by atoms with Crippen LogP contribution in [0, 0.1) is 11.8 Å². The predicted octanol–water partition coefficient (Wildman–Crippen LogP) is 2.58. The molecule has 0 aliphatic rings. The SMILES string of the molecule is COC(=O)C(NC(=O)c1ccc(OC/C=C/C#CCCO)cc1)C(C)(C)NC(=O)OC(C)(C)C. The highest BCUT2D eigenvalue weighted by Crippen LogP contribution is 2.16. The summed E-state index contributed by atoms with van der Waals surface area (Å²) in [6, 6.07) is 5.18. The number of ether oxygens (including phenoxy) is 3. The Morgan fingerprint density at radius 2 is 1.76 bits per heavy atom. The van der Waals surface area contributed by atoms with Crippen molar-refractivity contribution in [3.63, 3.8) is 0 Å². The Morgan fingerprint density at radius 3 is 2.32 bits per heavy atom. The molecule has 0 saturated carbocycles. The molecule has 0 spiro atoms. The van der Waals surface area contributed by atoms with Gasteiger partial charge in [-0.05, 0) is 71.0 Å². The molecule has 1 rings (SSSR count). The second-order valence-electron chi connectivity index (χ2n) is 8.81. The first-order valence-electron chi connectivity index (χ1n) is 10.8. The molecule has 186 valence electrons. The molecule has 1 unspecified atom stereocenters. The molecule has 0 aliphatic heterocycles. The topological polar surface area (TPSA) is 123 Å².